The first-order chi connectivity index (χ1) is 17.9. The van der Waals surface area contributed by atoms with E-state index >= 15 is 0 Å². The number of rotatable bonds is 2. The average molecular weight is 462 g/mol. The highest BCUT2D eigenvalue weighted by atomic mass is 15.2. The number of hydrogen-bond donors (Lipinski definition) is 0. The highest BCUT2D eigenvalue weighted by Gasteiger charge is 2.22. The van der Waals surface area contributed by atoms with Gasteiger partial charge < -0.3 is 4.57 Å². The molecule has 0 N–H and O–H groups in total. The van der Waals surface area contributed by atoms with Crippen LogP contribution in [0, 0.1) is 0 Å². The normalized spacial score (nSPS) is 11.9. The SMILES string of the molecule is c1ccc(-n2c3cc4ccccc4cc3c3ccc4c5ccccc5n(-c5ncncn5)c4c32)cc1. The third kappa shape index (κ3) is 2.57. The van der Waals surface area contributed by atoms with Crippen LogP contribution in [0.3, 0.4) is 0 Å². The summed E-state index contributed by atoms with van der Waals surface area (Å²) in [6.45, 7) is 0. The Morgan fingerprint density at radius 2 is 1.11 bits per heavy atom. The maximum Gasteiger partial charge on any atom is 0.237 e. The van der Waals surface area contributed by atoms with E-state index in [-0.39, 0.29) is 0 Å². The molecule has 0 bridgehead atoms. The summed E-state index contributed by atoms with van der Waals surface area (Å²) in [5.74, 6) is 0.610. The summed E-state index contributed by atoms with van der Waals surface area (Å²) in [6.07, 6.45) is 3.12. The minimum Gasteiger partial charge on any atom is -0.307 e. The minimum atomic E-state index is 0.610. The van der Waals surface area contributed by atoms with Crippen molar-refractivity contribution in [2.24, 2.45) is 0 Å². The molecular formula is C31H19N5. The molecular weight excluding hydrogens is 442 g/mol. The van der Waals surface area contributed by atoms with Crippen molar-refractivity contribution in [1.82, 2.24) is 24.1 Å². The first-order valence-electron chi connectivity index (χ1n) is 12.0. The predicted molar refractivity (Wildman–Crippen MR) is 146 cm³/mol. The monoisotopic (exact) mass is 461 g/mol. The van der Waals surface area contributed by atoms with E-state index in [1.165, 1.54) is 37.8 Å². The van der Waals surface area contributed by atoms with Gasteiger partial charge in [0.15, 0.2) is 0 Å². The first kappa shape index (κ1) is 19.3. The van der Waals surface area contributed by atoms with Crippen LogP contribution in [0.2, 0.25) is 0 Å². The van der Waals surface area contributed by atoms with Crippen LogP contribution in [-0.2, 0) is 0 Å². The molecule has 5 heteroatoms. The number of nitrogens with zero attached hydrogens (tertiary/aromatic N) is 5. The lowest BCUT2D eigenvalue weighted by Gasteiger charge is -2.11. The number of benzene rings is 5. The lowest BCUT2D eigenvalue weighted by Crippen LogP contribution is -2.02. The van der Waals surface area contributed by atoms with E-state index in [1.807, 2.05) is 0 Å². The molecule has 0 aliphatic rings. The zero-order chi connectivity index (χ0) is 23.6. The van der Waals surface area contributed by atoms with Gasteiger partial charge in [0.25, 0.3) is 0 Å². The second-order valence-corrected chi connectivity index (χ2v) is 9.04. The largest absolute Gasteiger partial charge is 0.307 e. The third-order valence-corrected chi connectivity index (χ3v) is 7.12. The summed E-state index contributed by atoms with van der Waals surface area (Å²) in [7, 11) is 0. The molecule has 0 spiro atoms. The van der Waals surface area contributed by atoms with E-state index in [9.17, 15) is 0 Å². The highest BCUT2D eigenvalue weighted by Crippen LogP contribution is 2.42. The highest BCUT2D eigenvalue weighted by molar-refractivity contribution is 6.24. The summed E-state index contributed by atoms with van der Waals surface area (Å²) >= 11 is 0. The molecule has 0 radical (unpaired) electrons. The van der Waals surface area contributed by atoms with Gasteiger partial charge in [0.05, 0.1) is 22.1 Å². The van der Waals surface area contributed by atoms with E-state index in [2.05, 4.69) is 127 Å². The topological polar surface area (TPSA) is 48.5 Å². The van der Waals surface area contributed by atoms with Crippen LogP contribution in [0.15, 0.2) is 116 Å². The van der Waals surface area contributed by atoms with Crippen molar-refractivity contribution in [3.05, 3.63) is 116 Å². The second-order valence-electron chi connectivity index (χ2n) is 9.04. The number of aromatic nitrogens is 5. The first-order valence-corrected chi connectivity index (χ1v) is 12.0. The fourth-order valence-electron chi connectivity index (χ4n) is 5.63. The molecule has 0 atom stereocenters. The summed E-state index contributed by atoms with van der Waals surface area (Å²) in [5, 5.41) is 7.22. The van der Waals surface area contributed by atoms with Gasteiger partial charge in [-0.1, -0.05) is 72.8 Å². The van der Waals surface area contributed by atoms with Gasteiger partial charge in [-0.25, -0.2) is 15.0 Å². The smallest absolute Gasteiger partial charge is 0.237 e. The van der Waals surface area contributed by atoms with Crippen molar-refractivity contribution in [1.29, 1.82) is 0 Å². The molecule has 5 nitrogen and oxygen atoms in total. The third-order valence-electron chi connectivity index (χ3n) is 7.12. The standard InChI is InChI=1S/C31H19N5/c1-2-10-22(11-3-1)35-28-17-21-9-5-4-8-20(21)16-26(28)25-15-14-24-23-12-6-7-13-27(23)36(30(24)29(25)35)31-33-18-32-19-34-31/h1-19H. The molecule has 0 saturated carbocycles. The van der Waals surface area contributed by atoms with E-state index in [0.29, 0.717) is 5.95 Å². The van der Waals surface area contributed by atoms with Crippen molar-refractivity contribution in [2.75, 3.05) is 0 Å². The van der Waals surface area contributed by atoms with Crippen LogP contribution in [-0.4, -0.2) is 24.1 Å². The summed E-state index contributed by atoms with van der Waals surface area (Å²) in [4.78, 5) is 13.2. The maximum absolute atomic E-state index is 4.56. The molecule has 168 valence electrons. The molecule has 0 fully saturated rings. The molecule has 0 unspecified atom stereocenters. The number of hydrogen-bond acceptors (Lipinski definition) is 3. The Balaban J connectivity index is 1.69. The van der Waals surface area contributed by atoms with Crippen LogP contribution in [0.5, 0.6) is 0 Å². The second kappa shape index (κ2) is 7.23. The summed E-state index contributed by atoms with van der Waals surface area (Å²) in [6, 6.07) is 36.7. The van der Waals surface area contributed by atoms with Crippen molar-refractivity contribution >= 4 is 54.4 Å². The Morgan fingerprint density at radius 3 is 1.92 bits per heavy atom. The molecule has 0 aliphatic heterocycles. The summed E-state index contributed by atoms with van der Waals surface area (Å²) < 4.78 is 4.56. The van der Waals surface area contributed by atoms with Crippen molar-refractivity contribution in [3.63, 3.8) is 0 Å². The molecule has 8 aromatic rings. The van der Waals surface area contributed by atoms with Gasteiger partial charge in [-0.15, -0.1) is 0 Å². The molecule has 3 heterocycles. The zero-order valence-electron chi connectivity index (χ0n) is 19.2. The van der Waals surface area contributed by atoms with Crippen LogP contribution in [0.1, 0.15) is 0 Å². The van der Waals surface area contributed by atoms with E-state index < -0.39 is 0 Å². The van der Waals surface area contributed by atoms with Gasteiger partial charge in [-0.3, -0.25) is 4.57 Å². The Kier molecular flexibility index (Phi) is 3.88. The van der Waals surface area contributed by atoms with Crippen molar-refractivity contribution < 1.29 is 0 Å². The van der Waals surface area contributed by atoms with Gasteiger partial charge in [-0.2, -0.15) is 0 Å². The van der Waals surface area contributed by atoms with Gasteiger partial charge in [0.1, 0.15) is 12.7 Å². The van der Waals surface area contributed by atoms with Gasteiger partial charge >= 0.3 is 0 Å². The number of para-hydroxylation sites is 2. The fraction of sp³-hybridized carbons (Fsp3) is 0. The zero-order valence-corrected chi connectivity index (χ0v) is 19.2. The molecule has 5 aromatic carbocycles. The Bertz CT molecular complexity index is 2090. The molecule has 8 rings (SSSR count). The Hall–Kier alpha value is -5.03. The van der Waals surface area contributed by atoms with Crippen LogP contribution < -0.4 is 0 Å². The molecule has 0 amide bonds. The molecule has 0 aliphatic carbocycles. The van der Waals surface area contributed by atoms with E-state index in [1.54, 1.807) is 12.7 Å². The summed E-state index contributed by atoms with van der Waals surface area (Å²) in [5.41, 5.74) is 5.59. The quantitative estimate of drug-likeness (QED) is 0.273. The van der Waals surface area contributed by atoms with Gasteiger partial charge in [-0.05, 0) is 41.1 Å². The Labute approximate surface area is 205 Å². The predicted octanol–water partition coefficient (Wildman–Crippen LogP) is 7.22. The minimum absolute atomic E-state index is 0.610. The molecule has 0 saturated heterocycles. The number of fused-ring (bicyclic) bond motifs is 8. The maximum atomic E-state index is 4.56. The molecule has 3 aromatic heterocycles. The fourth-order valence-corrected chi connectivity index (χ4v) is 5.63. The van der Waals surface area contributed by atoms with Crippen LogP contribution in [0.4, 0.5) is 0 Å². The van der Waals surface area contributed by atoms with Crippen LogP contribution >= 0.6 is 0 Å². The van der Waals surface area contributed by atoms with Crippen molar-refractivity contribution in [3.8, 4) is 11.6 Å². The van der Waals surface area contributed by atoms with Gasteiger partial charge in [0, 0.05) is 27.2 Å². The average Bonchev–Trinajstić information content (AvgIpc) is 3.45. The van der Waals surface area contributed by atoms with Crippen LogP contribution in [0.25, 0.3) is 66.0 Å². The Morgan fingerprint density at radius 1 is 0.472 bits per heavy atom. The van der Waals surface area contributed by atoms with Gasteiger partial charge in [0.2, 0.25) is 5.95 Å². The van der Waals surface area contributed by atoms with Crippen molar-refractivity contribution in [2.45, 2.75) is 0 Å². The lowest BCUT2D eigenvalue weighted by molar-refractivity contribution is 0.939. The lowest BCUT2D eigenvalue weighted by atomic mass is 10.1. The molecule has 36 heavy (non-hydrogen) atoms. The van der Waals surface area contributed by atoms with E-state index in [0.717, 1.165) is 22.2 Å². The van der Waals surface area contributed by atoms with E-state index in [4.69, 9.17) is 0 Å².